The minimum absolute atomic E-state index is 0.554. The Morgan fingerprint density at radius 1 is 1.22 bits per heavy atom. The van der Waals surface area contributed by atoms with Crippen LogP contribution in [0.4, 0.5) is 0 Å². The number of halogens is 1. The fourth-order valence-corrected chi connectivity index (χ4v) is 1.53. The molecule has 1 aromatic carbocycles. The molecule has 0 saturated carbocycles. The third-order valence-corrected chi connectivity index (χ3v) is 2.47. The van der Waals surface area contributed by atoms with Crippen molar-refractivity contribution < 1.29 is 10.2 Å². The maximum Gasteiger partial charge on any atom is 0.141 e. The van der Waals surface area contributed by atoms with Gasteiger partial charge in [0.2, 0.25) is 0 Å². The average Bonchev–Trinajstić information content (AvgIpc) is 2.35. The van der Waals surface area contributed by atoms with Crippen molar-refractivity contribution >= 4 is 11.6 Å². The first-order valence-electron chi connectivity index (χ1n) is 5.76. The topological polar surface area (TPSA) is 40.5 Å². The predicted octanol–water partition coefficient (Wildman–Crippen LogP) is 2.54. The first-order chi connectivity index (χ1) is 8.63. The van der Waals surface area contributed by atoms with E-state index in [1.165, 1.54) is 0 Å². The van der Waals surface area contributed by atoms with Crippen LogP contribution in [-0.4, -0.2) is 16.3 Å². The SMILES string of the molecule is CCCC(O)C#CC#CC(O)c1cccc(Cl)c1. The zero-order valence-electron chi connectivity index (χ0n) is 10.2. The van der Waals surface area contributed by atoms with Crippen LogP contribution in [0.25, 0.3) is 0 Å². The van der Waals surface area contributed by atoms with Crippen molar-refractivity contribution in [2.24, 2.45) is 0 Å². The molecule has 1 aromatic rings. The predicted molar refractivity (Wildman–Crippen MR) is 72.9 cm³/mol. The molecule has 0 bridgehead atoms. The van der Waals surface area contributed by atoms with E-state index in [1.807, 2.05) is 6.92 Å². The molecular formula is C15H15ClO2. The molecule has 0 fully saturated rings. The van der Waals surface area contributed by atoms with E-state index in [0.29, 0.717) is 17.0 Å². The Kier molecular flexibility index (Phi) is 6.33. The van der Waals surface area contributed by atoms with Gasteiger partial charge in [-0.05, 0) is 36.0 Å². The van der Waals surface area contributed by atoms with Crippen LogP contribution in [-0.2, 0) is 0 Å². The van der Waals surface area contributed by atoms with Gasteiger partial charge in [-0.1, -0.05) is 48.9 Å². The van der Waals surface area contributed by atoms with Gasteiger partial charge in [-0.25, -0.2) is 0 Å². The summed E-state index contributed by atoms with van der Waals surface area (Å²) in [7, 11) is 0. The second-order valence-electron chi connectivity index (χ2n) is 3.80. The fourth-order valence-electron chi connectivity index (χ4n) is 1.33. The molecule has 0 amide bonds. The number of hydrogen-bond acceptors (Lipinski definition) is 2. The molecule has 2 unspecified atom stereocenters. The maximum absolute atomic E-state index is 9.75. The van der Waals surface area contributed by atoms with Crippen LogP contribution in [0.3, 0.4) is 0 Å². The number of aliphatic hydroxyl groups is 2. The molecular weight excluding hydrogens is 248 g/mol. The zero-order chi connectivity index (χ0) is 13.4. The van der Waals surface area contributed by atoms with E-state index >= 15 is 0 Å². The number of benzene rings is 1. The lowest BCUT2D eigenvalue weighted by molar-refractivity contribution is 0.221. The molecule has 2 atom stereocenters. The van der Waals surface area contributed by atoms with Gasteiger partial charge in [-0.3, -0.25) is 0 Å². The minimum atomic E-state index is -0.915. The average molecular weight is 263 g/mol. The summed E-state index contributed by atoms with van der Waals surface area (Å²) in [6.07, 6.45) is -0.0612. The van der Waals surface area contributed by atoms with Gasteiger partial charge in [0.25, 0.3) is 0 Å². The van der Waals surface area contributed by atoms with Gasteiger partial charge in [0.05, 0.1) is 0 Å². The molecule has 0 saturated heterocycles. The second-order valence-corrected chi connectivity index (χ2v) is 4.24. The quantitative estimate of drug-likeness (QED) is 0.822. The van der Waals surface area contributed by atoms with Crippen molar-refractivity contribution in [1.29, 1.82) is 0 Å². The van der Waals surface area contributed by atoms with Crippen molar-refractivity contribution in [3.05, 3.63) is 34.9 Å². The Morgan fingerprint density at radius 2 is 1.94 bits per heavy atom. The summed E-state index contributed by atoms with van der Waals surface area (Å²) in [5.74, 6) is 10.2. The molecule has 94 valence electrons. The van der Waals surface area contributed by atoms with E-state index in [0.717, 1.165) is 6.42 Å². The van der Waals surface area contributed by atoms with Crippen LogP contribution >= 0.6 is 11.6 Å². The summed E-state index contributed by atoms with van der Waals surface area (Å²) in [4.78, 5) is 0. The van der Waals surface area contributed by atoms with Gasteiger partial charge < -0.3 is 10.2 Å². The standard InChI is InChI=1S/C15H15ClO2/c1-2-6-14(17)9-3-4-10-15(18)12-7-5-8-13(16)11-12/h5,7-8,11,14-15,17-18H,2,6H2,1H3. The highest BCUT2D eigenvalue weighted by Crippen LogP contribution is 2.16. The molecule has 0 spiro atoms. The van der Waals surface area contributed by atoms with Gasteiger partial charge in [0.1, 0.15) is 12.2 Å². The molecule has 2 N–H and O–H groups in total. The van der Waals surface area contributed by atoms with E-state index < -0.39 is 12.2 Å². The van der Waals surface area contributed by atoms with Crippen LogP contribution in [0.15, 0.2) is 24.3 Å². The van der Waals surface area contributed by atoms with E-state index in [2.05, 4.69) is 23.7 Å². The smallest absolute Gasteiger partial charge is 0.141 e. The molecule has 0 aliphatic rings. The third-order valence-electron chi connectivity index (χ3n) is 2.24. The Balaban J connectivity index is 2.63. The summed E-state index contributed by atoms with van der Waals surface area (Å²) in [6, 6.07) is 6.87. The highest BCUT2D eigenvalue weighted by molar-refractivity contribution is 6.30. The van der Waals surface area contributed by atoms with Crippen LogP contribution in [0.1, 0.15) is 31.4 Å². The van der Waals surface area contributed by atoms with E-state index in [1.54, 1.807) is 24.3 Å². The highest BCUT2D eigenvalue weighted by Gasteiger charge is 2.02. The van der Waals surface area contributed by atoms with Gasteiger partial charge in [-0.2, -0.15) is 0 Å². The normalized spacial score (nSPS) is 12.7. The Labute approximate surface area is 113 Å². The lowest BCUT2D eigenvalue weighted by Crippen LogP contribution is -2.00. The second kappa shape index (κ2) is 7.80. The van der Waals surface area contributed by atoms with E-state index in [4.69, 9.17) is 11.6 Å². The first-order valence-corrected chi connectivity index (χ1v) is 6.14. The van der Waals surface area contributed by atoms with Crippen LogP contribution in [0.5, 0.6) is 0 Å². The lowest BCUT2D eigenvalue weighted by Gasteiger charge is -2.02. The Bertz CT molecular complexity index is 502. The van der Waals surface area contributed by atoms with Crippen molar-refractivity contribution in [2.45, 2.75) is 32.0 Å². The molecule has 1 rings (SSSR count). The third kappa shape index (κ3) is 5.25. The van der Waals surface area contributed by atoms with Crippen molar-refractivity contribution in [2.75, 3.05) is 0 Å². The van der Waals surface area contributed by atoms with Gasteiger partial charge in [-0.15, -0.1) is 0 Å². The van der Waals surface area contributed by atoms with Crippen LogP contribution in [0.2, 0.25) is 5.02 Å². The van der Waals surface area contributed by atoms with E-state index in [9.17, 15) is 10.2 Å². The molecule has 0 heterocycles. The van der Waals surface area contributed by atoms with Crippen molar-refractivity contribution in [3.8, 4) is 23.7 Å². The lowest BCUT2D eigenvalue weighted by atomic mass is 10.1. The molecule has 0 aromatic heterocycles. The zero-order valence-corrected chi connectivity index (χ0v) is 10.9. The van der Waals surface area contributed by atoms with Gasteiger partial charge >= 0.3 is 0 Å². The summed E-state index contributed by atoms with van der Waals surface area (Å²) < 4.78 is 0. The van der Waals surface area contributed by atoms with Crippen molar-refractivity contribution in [1.82, 2.24) is 0 Å². The number of aliphatic hydroxyl groups excluding tert-OH is 2. The molecule has 0 aliphatic carbocycles. The summed E-state index contributed by atoms with van der Waals surface area (Å²) >= 11 is 5.81. The van der Waals surface area contributed by atoms with Crippen LogP contribution < -0.4 is 0 Å². The first kappa shape index (κ1) is 14.6. The summed E-state index contributed by atoms with van der Waals surface area (Å²) in [5.41, 5.74) is 0.630. The van der Waals surface area contributed by atoms with Crippen molar-refractivity contribution in [3.63, 3.8) is 0 Å². The molecule has 0 aliphatic heterocycles. The fraction of sp³-hybridized carbons (Fsp3) is 0.333. The van der Waals surface area contributed by atoms with Crippen LogP contribution in [0, 0.1) is 23.7 Å². The number of hydrogen-bond donors (Lipinski definition) is 2. The summed E-state index contributed by atoms with van der Waals surface area (Å²) in [6.45, 7) is 1.97. The highest BCUT2D eigenvalue weighted by atomic mass is 35.5. The largest absolute Gasteiger partial charge is 0.380 e. The molecule has 18 heavy (non-hydrogen) atoms. The Hall–Kier alpha value is -1.45. The molecule has 3 heteroatoms. The minimum Gasteiger partial charge on any atom is -0.380 e. The monoisotopic (exact) mass is 262 g/mol. The molecule has 2 nitrogen and oxygen atoms in total. The van der Waals surface area contributed by atoms with Gasteiger partial charge in [0, 0.05) is 5.02 Å². The maximum atomic E-state index is 9.75. The van der Waals surface area contributed by atoms with Gasteiger partial charge in [0.15, 0.2) is 0 Å². The Morgan fingerprint density at radius 3 is 2.61 bits per heavy atom. The van der Waals surface area contributed by atoms with E-state index in [-0.39, 0.29) is 0 Å². The number of rotatable bonds is 3. The summed E-state index contributed by atoms with van der Waals surface area (Å²) in [5, 5.41) is 19.7. The molecule has 0 radical (unpaired) electrons.